The number of carbonyl (C=O) groups excluding carboxylic acids is 2. The van der Waals surface area contributed by atoms with Gasteiger partial charge in [0.25, 0.3) is 0 Å². The highest BCUT2D eigenvalue weighted by atomic mass is 16.2. The van der Waals surface area contributed by atoms with Crippen LogP contribution in [0, 0.1) is 5.92 Å². The van der Waals surface area contributed by atoms with Gasteiger partial charge in [-0.2, -0.15) is 0 Å². The Morgan fingerprint density at radius 3 is 2.87 bits per heavy atom. The van der Waals surface area contributed by atoms with E-state index in [1.165, 1.54) is 0 Å². The summed E-state index contributed by atoms with van der Waals surface area (Å²) < 4.78 is 0. The van der Waals surface area contributed by atoms with Crippen molar-refractivity contribution in [1.29, 1.82) is 0 Å². The van der Waals surface area contributed by atoms with Crippen molar-refractivity contribution in [2.45, 2.75) is 25.7 Å². The molecule has 1 atom stereocenters. The predicted molar refractivity (Wildman–Crippen MR) is 58.5 cm³/mol. The van der Waals surface area contributed by atoms with Crippen molar-refractivity contribution >= 4 is 11.7 Å². The third-order valence-corrected chi connectivity index (χ3v) is 2.98. The lowest BCUT2D eigenvalue weighted by molar-refractivity contribution is -0.121. The fourth-order valence-electron chi connectivity index (χ4n) is 1.97. The molecule has 1 aliphatic carbocycles. The molecule has 0 saturated heterocycles. The highest BCUT2D eigenvalue weighted by Crippen LogP contribution is 2.24. The van der Waals surface area contributed by atoms with Gasteiger partial charge in [-0.25, -0.2) is 0 Å². The van der Waals surface area contributed by atoms with Gasteiger partial charge in [0.05, 0.1) is 6.54 Å². The molecule has 0 radical (unpaired) electrons. The van der Waals surface area contributed by atoms with Gasteiger partial charge in [0, 0.05) is 19.4 Å². The second-order valence-corrected chi connectivity index (χ2v) is 4.26. The van der Waals surface area contributed by atoms with E-state index in [0.29, 0.717) is 12.3 Å². The third-order valence-electron chi connectivity index (χ3n) is 2.98. The molecule has 86 valence electrons. The van der Waals surface area contributed by atoms with Crippen molar-refractivity contribution in [2.75, 3.05) is 27.2 Å². The number of amides is 1. The number of hydrogen-bond acceptors (Lipinski definition) is 3. The van der Waals surface area contributed by atoms with E-state index in [9.17, 15) is 9.59 Å². The Hall–Kier alpha value is -0.900. The molecule has 0 bridgehead atoms. The minimum Gasteiger partial charge on any atom is -0.358 e. The van der Waals surface area contributed by atoms with Crippen LogP contribution in [0.1, 0.15) is 25.7 Å². The van der Waals surface area contributed by atoms with Crippen LogP contribution in [0.3, 0.4) is 0 Å². The van der Waals surface area contributed by atoms with Gasteiger partial charge >= 0.3 is 0 Å². The molecule has 1 aliphatic rings. The quantitative estimate of drug-likeness (QED) is 0.718. The summed E-state index contributed by atoms with van der Waals surface area (Å²) in [5.41, 5.74) is 0. The second-order valence-electron chi connectivity index (χ2n) is 4.26. The monoisotopic (exact) mass is 212 g/mol. The average molecular weight is 212 g/mol. The first-order valence-electron chi connectivity index (χ1n) is 5.55. The normalized spacial score (nSPS) is 21.0. The van der Waals surface area contributed by atoms with Crippen molar-refractivity contribution in [3.8, 4) is 0 Å². The minimum atomic E-state index is 0.0234. The summed E-state index contributed by atoms with van der Waals surface area (Å²) in [6.45, 7) is 1.24. The van der Waals surface area contributed by atoms with Crippen molar-refractivity contribution in [2.24, 2.45) is 5.92 Å². The lowest BCUT2D eigenvalue weighted by Gasteiger charge is -2.17. The summed E-state index contributed by atoms with van der Waals surface area (Å²) in [7, 11) is 3.55. The van der Waals surface area contributed by atoms with Crippen LogP contribution in [0.5, 0.6) is 0 Å². The zero-order chi connectivity index (χ0) is 11.3. The molecule has 0 aromatic heterocycles. The summed E-state index contributed by atoms with van der Waals surface area (Å²) in [6.07, 6.45) is 3.73. The standard InChI is InChI=1S/C11H20N2O2/c1-12-11(15)8-13(2)7-6-9-4-3-5-10(9)14/h9H,3-8H2,1-2H3,(H,12,15). The molecule has 0 spiro atoms. The van der Waals surface area contributed by atoms with Crippen LogP contribution in [0.15, 0.2) is 0 Å². The largest absolute Gasteiger partial charge is 0.358 e. The molecule has 1 saturated carbocycles. The molecule has 0 aromatic carbocycles. The smallest absolute Gasteiger partial charge is 0.233 e. The molecule has 15 heavy (non-hydrogen) atoms. The van der Waals surface area contributed by atoms with Gasteiger partial charge in [-0.05, 0) is 32.9 Å². The van der Waals surface area contributed by atoms with E-state index in [2.05, 4.69) is 5.32 Å². The second kappa shape index (κ2) is 5.85. The first-order chi connectivity index (χ1) is 7.13. The van der Waals surface area contributed by atoms with E-state index in [1.54, 1.807) is 7.05 Å². The minimum absolute atomic E-state index is 0.0234. The first-order valence-corrected chi connectivity index (χ1v) is 5.55. The zero-order valence-electron chi connectivity index (χ0n) is 9.58. The van der Waals surface area contributed by atoms with Gasteiger partial charge in [0.1, 0.15) is 5.78 Å². The van der Waals surface area contributed by atoms with Gasteiger partial charge in [0.2, 0.25) is 5.91 Å². The number of carbonyl (C=O) groups is 2. The molecule has 0 heterocycles. The van der Waals surface area contributed by atoms with Crippen LogP contribution in [0.2, 0.25) is 0 Å². The maximum atomic E-state index is 11.4. The Morgan fingerprint density at radius 1 is 1.60 bits per heavy atom. The third kappa shape index (κ3) is 4.00. The molecular formula is C11H20N2O2. The Labute approximate surface area is 91.0 Å². The van der Waals surface area contributed by atoms with Crippen LogP contribution in [0.25, 0.3) is 0 Å². The van der Waals surface area contributed by atoms with E-state index in [4.69, 9.17) is 0 Å². The van der Waals surface area contributed by atoms with Gasteiger partial charge in [-0.3, -0.25) is 14.5 Å². The van der Waals surface area contributed by atoms with Crippen LogP contribution in [0.4, 0.5) is 0 Å². The Bertz CT molecular complexity index is 241. The number of likely N-dealkylation sites (N-methyl/N-ethyl adjacent to an activating group) is 2. The number of nitrogens with zero attached hydrogens (tertiary/aromatic N) is 1. The molecule has 0 aliphatic heterocycles. The summed E-state index contributed by atoms with van der Waals surface area (Å²) in [4.78, 5) is 24.4. The number of ketones is 1. The van der Waals surface area contributed by atoms with Crippen molar-refractivity contribution in [3.63, 3.8) is 0 Å². The average Bonchev–Trinajstić information content (AvgIpc) is 2.61. The Morgan fingerprint density at radius 2 is 2.33 bits per heavy atom. The first kappa shape index (κ1) is 12.2. The zero-order valence-corrected chi connectivity index (χ0v) is 9.58. The molecule has 4 heteroatoms. The van der Waals surface area contributed by atoms with Crippen molar-refractivity contribution in [1.82, 2.24) is 10.2 Å². The van der Waals surface area contributed by atoms with E-state index < -0.39 is 0 Å². The summed E-state index contributed by atoms with van der Waals surface area (Å²) in [5.74, 6) is 0.677. The van der Waals surface area contributed by atoms with E-state index in [1.807, 2.05) is 11.9 Å². The topological polar surface area (TPSA) is 49.4 Å². The summed E-state index contributed by atoms with van der Waals surface area (Å²) >= 11 is 0. The van der Waals surface area contributed by atoms with Crippen LogP contribution in [-0.2, 0) is 9.59 Å². The van der Waals surface area contributed by atoms with E-state index in [-0.39, 0.29) is 11.8 Å². The maximum Gasteiger partial charge on any atom is 0.233 e. The fraction of sp³-hybridized carbons (Fsp3) is 0.818. The van der Waals surface area contributed by atoms with Crippen molar-refractivity contribution < 1.29 is 9.59 Å². The highest BCUT2D eigenvalue weighted by molar-refractivity contribution is 5.82. The van der Waals surface area contributed by atoms with Crippen LogP contribution >= 0.6 is 0 Å². The molecule has 1 amide bonds. The van der Waals surface area contributed by atoms with E-state index in [0.717, 1.165) is 32.2 Å². The molecule has 1 N–H and O–H groups in total. The highest BCUT2D eigenvalue weighted by Gasteiger charge is 2.24. The van der Waals surface area contributed by atoms with Crippen LogP contribution < -0.4 is 5.32 Å². The molecular weight excluding hydrogens is 192 g/mol. The van der Waals surface area contributed by atoms with Gasteiger partial charge in [-0.15, -0.1) is 0 Å². The Balaban J connectivity index is 2.18. The molecule has 1 fully saturated rings. The van der Waals surface area contributed by atoms with Crippen LogP contribution in [-0.4, -0.2) is 43.8 Å². The maximum absolute atomic E-state index is 11.4. The number of Topliss-reactive ketones (excluding diaryl/α,β-unsaturated/α-hetero) is 1. The van der Waals surface area contributed by atoms with Gasteiger partial charge < -0.3 is 5.32 Å². The SMILES string of the molecule is CNC(=O)CN(C)CCC1CCCC1=O. The summed E-state index contributed by atoms with van der Waals surface area (Å²) in [5, 5.41) is 2.59. The fourth-order valence-corrected chi connectivity index (χ4v) is 1.97. The molecule has 0 aromatic rings. The number of hydrogen-bond donors (Lipinski definition) is 1. The molecule has 1 rings (SSSR count). The number of rotatable bonds is 5. The number of nitrogens with one attached hydrogen (secondary N) is 1. The molecule has 1 unspecified atom stereocenters. The van der Waals surface area contributed by atoms with Gasteiger partial charge in [-0.1, -0.05) is 0 Å². The van der Waals surface area contributed by atoms with Gasteiger partial charge in [0.15, 0.2) is 0 Å². The Kier molecular flexibility index (Phi) is 4.75. The lowest BCUT2D eigenvalue weighted by atomic mass is 10.0. The molecule has 4 nitrogen and oxygen atoms in total. The predicted octanol–water partition coefficient (Wildman–Crippen LogP) is 0.423. The lowest BCUT2D eigenvalue weighted by Crippen LogP contribution is -2.34. The van der Waals surface area contributed by atoms with E-state index >= 15 is 0 Å². The van der Waals surface area contributed by atoms with Crippen molar-refractivity contribution in [3.05, 3.63) is 0 Å². The summed E-state index contributed by atoms with van der Waals surface area (Å²) in [6, 6.07) is 0.